The summed E-state index contributed by atoms with van der Waals surface area (Å²) in [7, 11) is 0. The van der Waals surface area contributed by atoms with Crippen LogP contribution in [-0.4, -0.2) is 9.78 Å². The van der Waals surface area contributed by atoms with E-state index >= 15 is 0 Å². The van der Waals surface area contributed by atoms with Crippen LogP contribution in [0.25, 0.3) is 0 Å². The Morgan fingerprint density at radius 2 is 2.18 bits per heavy atom. The molecule has 90 valence electrons. The van der Waals surface area contributed by atoms with Gasteiger partial charge in [0.2, 0.25) is 0 Å². The van der Waals surface area contributed by atoms with Crippen LogP contribution in [0.1, 0.15) is 24.2 Å². The molecule has 0 spiro atoms. The fraction of sp³-hybridized carbons (Fsp3) is 0.250. The molecule has 0 aliphatic carbocycles. The van der Waals surface area contributed by atoms with Gasteiger partial charge in [-0.05, 0) is 54.1 Å². The SMILES string of the molecule is Cc1nn(C(C)c2cccc(F)c2)c(N)c1I. The molecule has 1 heterocycles. The maximum atomic E-state index is 13.2. The zero-order valence-corrected chi connectivity index (χ0v) is 11.8. The van der Waals surface area contributed by atoms with E-state index in [4.69, 9.17) is 5.73 Å². The highest BCUT2D eigenvalue weighted by Gasteiger charge is 2.16. The third-order valence-corrected chi connectivity index (χ3v) is 4.08. The molecular weight excluding hydrogens is 332 g/mol. The van der Waals surface area contributed by atoms with Crippen LogP contribution < -0.4 is 5.73 Å². The first-order chi connectivity index (χ1) is 8.00. The predicted molar refractivity (Wildman–Crippen MR) is 74.3 cm³/mol. The molecule has 1 aromatic carbocycles. The lowest BCUT2D eigenvalue weighted by Gasteiger charge is -2.14. The van der Waals surface area contributed by atoms with Crippen molar-refractivity contribution in [3.63, 3.8) is 0 Å². The average Bonchev–Trinajstić information content (AvgIpc) is 2.56. The topological polar surface area (TPSA) is 43.8 Å². The van der Waals surface area contributed by atoms with E-state index < -0.39 is 0 Å². The van der Waals surface area contributed by atoms with Gasteiger partial charge in [-0.25, -0.2) is 9.07 Å². The molecule has 1 atom stereocenters. The molecule has 0 radical (unpaired) electrons. The first-order valence-corrected chi connectivity index (χ1v) is 6.34. The first kappa shape index (κ1) is 12.3. The minimum atomic E-state index is -0.244. The molecule has 0 fully saturated rings. The van der Waals surface area contributed by atoms with Gasteiger partial charge in [-0.15, -0.1) is 0 Å². The van der Waals surface area contributed by atoms with E-state index in [9.17, 15) is 4.39 Å². The molecule has 0 bridgehead atoms. The molecule has 0 saturated carbocycles. The molecule has 3 nitrogen and oxygen atoms in total. The van der Waals surface area contributed by atoms with Crippen molar-refractivity contribution in [2.24, 2.45) is 0 Å². The maximum absolute atomic E-state index is 13.2. The summed E-state index contributed by atoms with van der Waals surface area (Å²) in [6.07, 6.45) is 0. The number of nitrogen functional groups attached to an aromatic ring is 1. The second kappa shape index (κ2) is 4.64. The smallest absolute Gasteiger partial charge is 0.136 e. The Balaban J connectivity index is 2.43. The summed E-state index contributed by atoms with van der Waals surface area (Å²) >= 11 is 2.17. The number of hydrogen-bond acceptors (Lipinski definition) is 2. The number of aromatic nitrogens is 2. The van der Waals surface area contributed by atoms with Gasteiger partial charge in [0.15, 0.2) is 0 Å². The van der Waals surface area contributed by atoms with Crippen molar-refractivity contribution in [2.75, 3.05) is 5.73 Å². The van der Waals surface area contributed by atoms with Gasteiger partial charge in [0, 0.05) is 0 Å². The van der Waals surface area contributed by atoms with Gasteiger partial charge < -0.3 is 5.73 Å². The predicted octanol–water partition coefficient (Wildman–Crippen LogP) is 3.13. The van der Waals surface area contributed by atoms with Crippen molar-refractivity contribution >= 4 is 28.4 Å². The van der Waals surface area contributed by atoms with E-state index in [1.165, 1.54) is 12.1 Å². The summed E-state index contributed by atoms with van der Waals surface area (Å²) in [5, 5.41) is 4.38. The van der Waals surface area contributed by atoms with Crippen LogP contribution >= 0.6 is 22.6 Å². The lowest BCUT2D eigenvalue weighted by molar-refractivity contribution is 0.560. The Labute approximate surface area is 113 Å². The minimum Gasteiger partial charge on any atom is -0.383 e. The van der Waals surface area contributed by atoms with Gasteiger partial charge in [0.05, 0.1) is 15.3 Å². The normalized spacial score (nSPS) is 12.7. The van der Waals surface area contributed by atoms with Gasteiger partial charge in [0.1, 0.15) is 11.6 Å². The van der Waals surface area contributed by atoms with Gasteiger partial charge in [-0.2, -0.15) is 5.10 Å². The molecule has 1 aromatic heterocycles. The Morgan fingerprint density at radius 1 is 1.47 bits per heavy atom. The monoisotopic (exact) mass is 345 g/mol. The van der Waals surface area contributed by atoms with Crippen molar-refractivity contribution in [3.8, 4) is 0 Å². The van der Waals surface area contributed by atoms with Crippen molar-refractivity contribution in [2.45, 2.75) is 19.9 Å². The molecule has 0 aliphatic heterocycles. The van der Waals surface area contributed by atoms with E-state index in [0.717, 1.165) is 14.8 Å². The Morgan fingerprint density at radius 3 is 2.71 bits per heavy atom. The molecule has 0 amide bonds. The van der Waals surface area contributed by atoms with E-state index in [0.29, 0.717) is 5.82 Å². The molecular formula is C12H13FIN3. The molecule has 1 unspecified atom stereocenters. The average molecular weight is 345 g/mol. The van der Waals surface area contributed by atoms with Crippen molar-refractivity contribution < 1.29 is 4.39 Å². The Bertz CT molecular complexity index is 551. The number of halogens is 2. The lowest BCUT2D eigenvalue weighted by Crippen LogP contribution is -2.12. The van der Waals surface area contributed by atoms with Crippen LogP contribution in [0.4, 0.5) is 10.2 Å². The van der Waals surface area contributed by atoms with E-state index in [1.807, 2.05) is 19.9 Å². The molecule has 2 rings (SSSR count). The standard InChI is InChI=1S/C12H13FIN3/c1-7-11(14)12(15)17(16-7)8(2)9-4-3-5-10(13)6-9/h3-6,8H,15H2,1-2H3. The molecule has 2 N–H and O–H groups in total. The number of benzene rings is 1. The van der Waals surface area contributed by atoms with E-state index in [2.05, 4.69) is 27.7 Å². The number of nitrogens with zero attached hydrogens (tertiary/aromatic N) is 2. The zero-order valence-electron chi connectivity index (χ0n) is 9.61. The largest absolute Gasteiger partial charge is 0.383 e. The van der Waals surface area contributed by atoms with Gasteiger partial charge in [-0.3, -0.25) is 0 Å². The number of aryl methyl sites for hydroxylation is 1. The van der Waals surface area contributed by atoms with Gasteiger partial charge >= 0.3 is 0 Å². The van der Waals surface area contributed by atoms with Crippen LogP contribution in [0.15, 0.2) is 24.3 Å². The molecule has 2 aromatic rings. The van der Waals surface area contributed by atoms with Crippen LogP contribution in [0.5, 0.6) is 0 Å². The highest BCUT2D eigenvalue weighted by atomic mass is 127. The number of anilines is 1. The summed E-state index contributed by atoms with van der Waals surface area (Å²) in [6, 6.07) is 6.43. The lowest BCUT2D eigenvalue weighted by atomic mass is 10.1. The Hall–Kier alpha value is -1.11. The molecule has 0 aliphatic rings. The summed E-state index contributed by atoms with van der Waals surface area (Å²) in [5.41, 5.74) is 7.73. The second-order valence-corrected chi connectivity index (χ2v) is 5.04. The van der Waals surface area contributed by atoms with Crippen molar-refractivity contribution in [1.29, 1.82) is 0 Å². The van der Waals surface area contributed by atoms with E-state index in [-0.39, 0.29) is 11.9 Å². The van der Waals surface area contributed by atoms with Crippen LogP contribution in [0.2, 0.25) is 0 Å². The van der Waals surface area contributed by atoms with Crippen LogP contribution in [0, 0.1) is 16.3 Å². The number of rotatable bonds is 2. The third kappa shape index (κ3) is 2.29. The Kier molecular flexibility index (Phi) is 3.37. The summed E-state index contributed by atoms with van der Waals surface area (Å²) in [4.78, 5) is 0. The minimum absolute atomic E-state index is 0.0760. The summed E-state index contributed by atoms with van der Waals surface area (Å²) < 4.78 is 15.8. The maximum Gasteiger partial charge on any atom is 0.136 e. The quantitative estimate of drug-likeness (QED) is 0.850. The zero-order chi connectivity index (χ0) is 12.6. The molecule has 0 saturated heterocycles. The second-order valence-electron chi connectivity index (χ2n) is 3.96. The third-order valence-electron chi connectivity index (χ3n) is 2.75. The van der Waals surface area contributed by atoms with Crippen LogP contribution in [0.3, 0.4) is 0 Å². The molecule has 17 heavy (non-hydrogen) atoms. The molecule has 5 heteroatoms. The van der Waals surface area contributed by atoms with Crippen molar-refractivity contribution in [3.05, 3.63) is 44.9 Å². The fourth-order valence-electron chi connectivity index (χ4n) is 1.75. The summed E-state index contributed by atoms with van der Waals surface area (Å²) in [5.74, 6) is 0.381. The number of hydrogen-bond donors (Lipinski definition) is 1. The first-order valence-electron chi connectivity index (χ1n) is 5.26. The van der Waals surface area contributed by atoms with Crippen LogP contribution in [-0.2, 0) is 0 Å². The van der Waals surface area contributed by atoms with Crippen molar-refractivity contribution in [1.82, 2.24) is 9.78 Å². The fourth-order valence-corrected chi connectivity index (χ4v) is 2.10. The highest BCUT2D eigenvalue weighted by Crippen LogP contribution is 2.26. The van der Waals surface area contributed by atoms with Gasteiger partial charge in [-0.1, -0.05) is 12.1 Å². The van der Waals surface area contributed by atoms with E-state index in [1.54, 1.807) is 10.7 Å². The van der Waals surface area contributed by atoms with Gasteiger partial charge in [0.25, 0.3) is 0 Å². The highest BCUT2D eigenvalue weighted by molar-refractivity contribution is 14.1. The number of nitrogens with two attached hydrogens (primary N) is 1. The summed E-state index contributed by atoms with van der Waals surface area (Å²) in [6.45, 7) is 3.86.